The zero-order chi connectivity index (χ0) is 31.2. The van der Waals surface area contributed by atoms with Gasteiger partial charge in [-0.15, -0.1) is 6.58 Å². The highest BCUT2D eigenvalue weighted by molar-refractivity contribution is 6.46. The van der Waals surface area contributed by atoms with Gasteiger partial charge in [0.15, 0.2) is 11.5 Å². The first-order valence-electron chi connectivity index (χ1n) is 13.6. The van der Waals surface area contributed by atoms with E-state index in [1.54, 1.807) is 91.0 Å². The summed E-state index contributed by atoms with van der Waals surface area (Å²) in [7, 11) is 1.47. The van der Waals surface area contributed by atoms with Crippen molar-refractivity contribution in [2.75, 3.05) is 16.9 Å². The number of urea groups is 1. The number of methoxy groups -OCH3 is 1. The molecule has 1 heterocycles. The number of imide groups is 2. The monoisotopic (exact) mass is 588 g/mol. The van der Waals surface area contributed by atoms with Gasteiger partial charge in [-0.25, -0.2) is 19.4 Å². The highest BCUT2D eigenvalue weighted by atomic mass is 16.5. The third-order valence-corrected chi connectivity index (χ3v) is 6.91. The van der Waals surface area contributed by atoms with Crippen LogP contribution in [-0.4, -0.2) is 36.0 Å². The zero-order valence-electron chi connectivity index (χ0n) is 23.8. The Balaban J connectivity index is 1.55. The van der Waals surface area contributed by atoms with Gasteiger partial charge >= 0.3 is 12.0 Å². The van der Waals surface area contributed by atoms with Gasteiger partial charge in [0, 0.05) is 5.56 Å². The number of carbonyl (C=O) groups excluding carboxylic acids is 3. The molecule has 44 heavy (non-hydrogen) atoms. The largest absolute Gasteiger partial charge is 0.493 e. The van der Waals surface area contributed by atoms with Crippen LogP contribution in [0.2, 0.25) is 0 Å². The molecule has 4 aromatic rings. The van der Waals surface area contributed by atoms with E-state index in [1.165, 1.54) is 25.3 Å². The predicted octanol–water partition coefficient (Wildman–Crippen LogP) is 6.28. The second-order valence-corrected chi connectivity index (χ2v) is 9.79. The van der Waals surface area contributed by atoms with E-state index in [-0.39, 0.29) is 17.7 Å². The van der Waals surface area contributed by atoms with E-state index in [0.717, 1.165) is 15.4 Å². The van der Waals surface area contributed by atoms with Crippen molar-refractivity contribution in [1.29, 1.82) is 0 Å². The number of hydrogen-bond donors (Lipinski definition) is 1. The Kier molecular flexibility index (Phi) is 8.67. The van der Waals surface area contributed by atoms with Gasteiger partial charge in [-0.3, -0.25) is 9.59 Å². The lowest BCUT2D eigenvalue weighted by molar-refractivity contribution is -0.121. The lowest BCUT2D eigenvalue weighted by Gasteiger charge is -2.34. The SMILES string of the molecule is C=CCc1cc(C=C2C(=O)N(c3ccccc3)C(=O)N(c3ccccc3)C2=O)cc(OC)c1OCc1ccc(C(=O)O)cc1. The molecule has 0 radical (unpaired) electrons. The predicted molar refractivity (Wildman–Crippen MR) is 166 cm³/mol. The van der Waals surface area contributed by atoms with Gasteiger partial charge in [0.25, 0.3) is 11.8 Å². The highest BCUT2D eigenvalue weighted by Gasteiger charge is 2.43. The lowest BCUT2D eigenvalue weighted by atomic mass is 10.0. The molecule has 1 aliphatic heterocycles. The first-order valence-corrected chi connectivity index (χ1v) is 13.6. The Labute approximate surface area is 253 Å². The number of nitrogens with zero attached hydrogens (tertiary/aromatic N) is 2. The van der Waals surface area contributed by atoms with Gasteiger partial charge in [0.1, 0.15) is 12.2 Å². The van der Waals surface area contributed by atoms with Crippen molar-refractivity contribution in [3.8, 4) is 11.5 Å². The molecule has 0 saturated carbocycles. The molecule has 1 N–H and O–H groups in total. The summed E-state index contributed by atoms with van der Waals surface area (Å²) in [5, 5.41) is 9.16. The van der Waals surface area contributed by atoms with Crippen molar-refractivity contribution >= 4 is 41.3 Å². The fourth-order valence-electron chi connectivity index (χ4n) is 4.79. The van der Waals surface area contributed by atoms with Crippen molar-refractivity contribution in [3.63, 3.8) is 0 Å². The summed E-state index contributed by atoms with van der Waals surface area (Å²) < 4.78 is 11.8. The standard InChI is InChI=1S/C35H28N2O7/c1-3-10-26-19-24(21-30(43-2)31(26)44-22-23-15-17-25(18-16-23)34(40)41)20-29-32(38)36(27-11-6-4-7-12-27)35(42)37(33(29)39)28-13-8-5-9-14-28/h3-9,11-21H,1,10,22H2,2H3,(H,40,41). The maximum Gasteiger partial charge on any atom is 0.343 e. The normalized spacial score (nSPS) is 13.1. The minimum absolute atomic E-state index is 0.137. The number of rotatable bonds is 10. The van der Waals surface area contributed by atoms with Crippen molar-refractivity contribution < 1.29 is 33.8 Å². The number of para-hydroxylation sites is 2. The number of allylic oxidation sites excluding steroid dienone is 1. The molecule has 9 nitrogen and oxygen atoms in total. The van der Waals surface area contributed by atoms with Crippen LogP contribution in [0.4, 0.5) is 16.2 Å². The van der Waals surface area contributed by atoms with Crippen LogP contribution in [0.3, 0.4) is 0 Å². The topological polar surface area (TPSA) is 113 Å². The third-order valence-electron chi connectivity index (χ3n) is 6.91. The van der Waals surface area contributed by atoms with Gasteiger partial charge in [0.2, 0.25) is 0 Å². The number of hydrogen-bond acceptors (Lipinski definition) is 6. The van der Waals surface area contributed by atoms with E-state index in [4.69, 9.17) is 14.6 Å². The molecule has 4 amide bonds. The average Bonchev–Trinajstić information content (AvgIpc) is 3.03. The first-order chi connectivity index (χ1) is 21.3. The second-order valence-electron chi connectivity index (χ2n) is 9.79. The molecule has 220 valence electrons. The number of barbiturate groups is 1. The molecule has 1 saturated heterocycles. The molecular weight excluding hydrogens is 560 g/mol. The van der Waals surface area contributed by atoms with Gasteiger partial charge in [-0.05, 0) is 72.2 Å². The molecule has 4 aromatic carbocycles. The number of carboxylic acids is 1. The summed E-state index contributed by atoms with van der Waals surface area (Å²) in [6.07, 6.45) is 3.50. The number of carboxylic acid groups (broad SMARTS) is 1. The van der Waals surface area contributed by atoms with E-state index in [2.05, 4.69) is 6.58 Å². The van der Waals surface area contributed by atoms with Crippen LogP contribution >= 0.6 is 0 Å². The Hall–Kier alpha value is -5.96. The van der Waals surface area contributed by atoms with Crippen LogP contribution in [0.15, 0.2) is 115 Å². The quantitative estimate of drug-likeness (QED) is 0.132. The lowest BCUT2D eigenvalue weighted by Crippen LogP contribution is -2.57. The van der Waals surface area contributed by atoms with Gasteiger partial charge < -0.3 is 14.6 Å². The smallest absolute Gasteiger partial charge is 0.343 e. The Morgan fingerprint density at radius 1 is 0.841 bits per heavy atom. The van der Waals surface area contributed by atoms with E-state index in [9.17, 15) is 19.2 Å². The first kappa shape index (κ1) is 29.5. The van der Waals surface area contributed by atoms with Crippen LogP contribution in [0.5, 0.6) is 11.5 Å². The van der Waals surface area contributed by atoms with Crippen molar-refractivity contribution in [2.24, 2.45) is 0 Å². The number of carbonyl (C=O) groups is 4. The van der Waals surface area contributed by atoms with Crippen LogP contribution in [0, 0.1) is 0 Å². The fourth-order valence-corrected chi connectivity index (χ4v) is 4.79. The van der Waals surface area contributed by atoms with Crippen LogP contribution in [-0.2, 0) is 22.6 Å². The highest BCUT2D eigenvalue weighted by Crippen LogP contribution is 2.36. The summed E-state index contributed by atoms with van der Waals surface area (Å²) in [6.45, 7) is 3.97. The second kappa shape index (κ2) is 12.9. The van der Waals surface area contributed by atoms with Crippen LogP contribution in [0.25, 0.3) is 6.08 Å². The maximum atomic E-state index is 13.8. The van der Waals surface area contributed by atoms with Crippen molar-refractivity contribution in [1.82, 2.24) is 0 Å². The number of anilines is 2. The molecule has 0 aromatic heterocycles. The molecular formula is C35H28N2O7. The molecule has 1 aliphatic rings. The summed E-state index contributed by atoms with van der Waals surface area (Å²) in [5.41, 5.74) is 2.51. The Morgan fingerprint density at radius 2 is 1.41 bits per heavy atom. The minimum Gasteiger partial charge on any atom is -0.493 e. The van der Waals surface area contributed by atoms with Crippen molar-refractivity contribution in [3.05, 3.63) is 138 Å². The number of aromatic carboxylic acids is 1. The molecule has 9 heteroatoms. The Bertz CT molecular complexity index is 1700. The van der Waals surface area contributed by atoms with Gasteiger partial charge in [-0.2, -0.15) is 0 Å². The van der Waals surface area contributed by atoms with E-state index < -0.39 is 23.8 Å². The molecule has 0 bridgehead atoms. The van der Waals surface area contributed by atoms with E-state index in [0.29, 0.717) is 40.4 Å². The average molecular weight is 589 g/mol. The minimum atomic E-state index is -1.02. The molecule has 5 rings (SSSR count). The summed E-state index contributed by atoms with van der Waals surface area (Å²) in [5.74, 6) is -1.74. The maximum absolute atomic E-state index is 13.8. The molecule has 1 fully saturated rings. The van der Waals surface area contributed by atoms with Gasteiger partial charge in [-0.1, -0.05) is 54.6 Å². The van der Waals surface area contributed by atoms with E-state index in [1.807, 2.05) is 0 Å². The van der Waals surface area contributed by atoms with Crippen LogP contribution < -0.4 is 19.3 Å². The number of ether oxygens (including phenoxy) is 2. The zero-order valence-corrected chi connectivity index (χ0v) is 23.8. The van der Waals surface area contributed by atoms with Crippen LogP contribution in [0.1, 0.15) is 27.0 Å². The molecule has 0 atom stereocenters. The molecule has 0 aliphatic carbocycles. The summed E-state index contributed by atoms with van der Waals surface area (Å²) in [6, 6.07) is 25.8. The molecule has 0 spiro atoms. The summed E-state index contributed by atoms with van der Waals surface area (Å²) >= 11 is 0. The third kappa shape index (κ3) is 5.98. The summed E-state index contributed by atoms with van der Waals surface area (Å²) in [4.78, 5) is 54.2. The van der Waals surface area contributed by atoms with Crippen molar-refractivity contribution in [2.45, 2.75) is 13.0 Å². The fraction of sp³-hybridized carbons (Fsp3) is 0.0857. The number of benzene rings is 4. The number of amides is 4. The van der Waals surface area contributed by atoms with E-state index >= 15 is 0 Å². The molecule has 0 unspecified atom stereocenters. The van der Waals surface area contributed by atoms with Gasteiger partial charge in [0.05, 0.1) is 24.0 Å². The Morgan fingerprint density at radius 3 is 1.91 bits per heavy atom.